The van der Waals surface area contributed by atoms with E-state index in [1.165, 1.54) is 29.8 Å². The van der Waals surface area contributed by atoms with Crippen LogP contribution in [0.3, 0.4) is 0 Å². The molecule has 2 amide bonds. The van der Waals surface area contributed by atoms with Crippen LogP contribution in [0.4, 0.5) is 13.6 Å². The summed E-state index contributed by atoms with van der Waals surface area (Å²) in [6, 6.07) is 22.9. The Labute approximate surface area is 199 Å². The molecule has 6 heteroatoms. The minimum absolute atomic E-state index is 0.114. The van der Waals surface area contributed by atoms with Gasteiger partial charge in [0.2, 0.25) is 0 Å². The number of quaternary nitrogens is 1. The first-order valence-electron chi connectivity index (χ1n) is 11.9. The van der Waals surface area contributed by atoms with E-state index in [0.717, 1.165) is 48.1 Å². The SMILES string of the molecule is C[N+]1(CCc2ccccc2)CCC(N2CC(c3ccc(F)cc3)(c3ccc(F)cc3)NC2=O)C1. The van der Waals surface area contributed by atoms with Gasteiger partial charge in [-0.3, -0.25) is 0 Å². The Balaban J connectivity index is 1.38. The zero-order valence-electron chi connectivity index (χ0n) is 19.4. The summed E-state index contributed by atoms with van der Waals surface area (Å²) in [6.07, 6.45) is 1.94. The first-order chi connectivity index (χ1) is 16.4. The predicted octanol–water partition coefficient (Wildman–Crippen LogP) is 4.70. The topological polar surface area (TPSA) is 32.3 Å². The van der Waals surface area contributed by atoms with Gasteiger partial charge in [0.25, 0.3) is 0 Å². The number of rotatable bonds is 6. The molecule has 0 aromatic heterocycles. The molecule has 3 aromatic rings. The third-order valence-electron chi connectivity index (χ3n) is 7.54. The zero-order chi connectivity index (χ0) is 23.8. The minimum atomic E-state index is -0.853. The highest BCUT2D eigenvalue weighted by atomic mass is 19.1. The molecule has 2 aliphatic rings. The molecule has 2 aliphatic heterocycles. The molecule has 5 rings (SSSR count). The van der Waals surface area contributed by atoms with Crippen molar-refractivity contribution in [2.75, 3.05) is 33.2 Å². The lowest BCUT2D eigenvalue weighted by atomic mass is 9.83. The van der Waals surface area contributed by atoms with Crippen LogP contribution in [0.25, 0.3) is 0 Å². The van der Waals surface area contributed by atoms with Gasteiger partial charge in [0.15, 0.2) is 0 Å². The van der Waals surface area contributed by atoms with Crippen molar-refractivity contribution in [3.63, 3.8) is 0 Å². The summed E-state index contributed by atoms with van der Waals surface area (Å²) < 4.78 is 28.3. The van der Waals surface area contributed by atoms with E-state index in [-0.39, 0.29) is 23.7 Å². The highest BCUT2D eigenvalue weighted by Crippen LogP contribution is 2.37. The fourth-order valence-electron chi connectivity index (χ4n) is 5.53. The van der Waals surface area contributed by atoms with E-state index in [0.29, 0.717) is 6.54 Å². The van der Waals surface area contributed by atoms with Gasteiger partial charge in [-0.1, -0.05) is 54.6 Å². The smallest absolute Gasteiger partial charge is 0.319 e. The van der Waals surface area contributed by atoms with Crippen molar-refractivity contribution in [3.8, 4) is 0 Å². The van der Waals surface area contributed by atoms with Crippen LogP contribution < -0.4 is 5.32 Å². The Hall–Kier alpha value is -3.25. The first-order valence-corrected chi connectivity index (χ1v) is 11.9. The Morgan fingerprint density at radius 3 is 2.12 bits per heavy atom. The van der Waals surface area contributed by atoms with Gasteiger partial charge in [0.05, 0.1) is 39.3 Å². The molecule has 2 saturated heterocycles. The number of amides is 2. The number of halogens is 2. The van der Waals surface area contributed by atoms with E-state index >= 15 is 0 Å². The van der Waals surface area contributed by atoms with Gasteiger partial charge in [0, 0.05) is 12.8 Å². The van der Waals surface area contributed by atoms with E-state index in [9.17, 15) is 13.6 Å². The van der Waals surface area contributed by atoms with E-state index in [1.807, 2.05) is 11.0 Å². The number of carbonyl (C=O) groups excluding carboxylic acids is 1. The Morgan fingerprint density at radius 2 is 1.53 bits per heavy atom. The molecule has 2 unspecified atom stereocenters. The van der Waals surface area contributed by atoms with Crippen LogP contribution in [-0.2, 0) is 12.0 Å². The Morgan fingerprint density at radius 1 is 0.941 bits per heavy atom. The molecular weight excluding hydrogens is 432 g/mol. The third kappa shape index (κ3) is 4.30. The molecule has 0 radical (unpaired) electrons. The highest BCUT2D eigenvalue weighted by Gasteiger charge is 2.50. The number of hydrogen-bond acceptors (Lipinski definition) is 1. The maximum atomic E-state index is 13.7. The molecule has 2 heterocycles. The third-order valence-corrected chi connectivity index (χ3v) is 7.54. The molecule has 3 aromatic carbocycles. The summed E-state index contributed by atoms with van der Waals surface area (Å²) in [5.74, 6) is -0.664. The fourth-order valence-corrected chi connectivity index (χ4v) is 5.53. The van der Waals surface area contributed by atoms with Gasteiger partial charge in [-0.25, -0.2) is 13.6 Å². The van der Waals surface area contributed by atoms with Gasteiger partial charge in [-0.2, -0.15) is 0 Å². The summed E-state index contributed by atoms with van der Waals surface area (Å²) in [5, 5.41) is 3.19. The molecule has 176 valence electrons. The lowest BCUT2D eigenvalue weighted by Gasteiger charge is -2.32. The number of likely N-dealkylation sites (N-methyl/N-ethyl adjacent to an activating group) is 1. The Bertz CT molecular complexity index is 1110. The standard InChI is InChI=1S/C28H29F2N3O/c1-33(17-15-21-5-3-2-4-6-21)18-16-26(19-33)32-20-28(31-27(32)34,22-7-11-24(29)12-8-22)23-9-13-25(30)14-10-23/h2-14,26H,15-20H2,1H3/p+1. The van der Waals surface area contributed by atoms with Crippen molar-refractivity contribution < 1.29 is 18.1 Å². The average Bonchev–Trinajstić information content (AvgIpc) is 3.40. The van der Waals surface area contributed by atoms with Crippen LogP contribution in [0.2, 0.25) is 0 Å². The van der Waals surface area contributed by atoms with Gasteiger partial charge in [-0.15, -0.1) is 0 Å². The number of hydrogen-bond donors (Lipinski definition) is 1. The van der Waals surface area contributed by atoms with E-state index in [4.69, 9.17) is 0 Å². The lowest BCUT2D eigenvalue weighted by molar-refractivity contribution is -0.898. The number of nitrogens with one attached hydrogen (secondary N) is 1. The quantitative estimate of drug-likeness (QED) is 0.530. The number of likely N-dealkylation sites (tertiary alicyclic amines) is 1. The van der Waals surface area contributed by atoms with Crippen molar-refractivity contribution in [1.29, 1.82) is 0 Å². The van der Waals surface area contributed by atoms with E-state index in [2.05, 4.69) is 36.6 Å². The highest BCUT2D eigenvalue weighted by molar-refractivity contribution is 5.80. The predicted molar refractivity (Wildman–Crippen MR) is 128 cm³/mol. The molecular formula is C28H30F2N3O+. The number of nitrogens with zero attached hydrogens (tertiary/aromatic N) is 2. The lowest BCUT2D eigenvalue weighted by Crippen LogP contribution is -2.47. The minimum Gasteiger partial charge on any atom is -0.324 e. The molecule has 4 nitrogen and oxygen atoms in total. The van der Waals surface area contributed by atoms with Crippen molar-refractivity contribution in [3.05, 3.63) is 107 Å². The van der Waals surface area contributed by atoms with E-state index < -0.39 is 5.54 Å². The number of benzene rings is 3. The second-order valence-electron chi connectivity index (χ2n) is 9.90. The van der Waals surface area contributed by atoms with Crippen LogP contribution in [0.1, 0.15) is 23.1 Å². The summed E-state index contributed by atoms with van der Waals surface area (Å²) in [5.41, 5.74) is 2.05. The molecule has 2 atom stereocenters. The number of urea groups is 1. The van der Waals surface area contributed by atoms with Crippen molar-refractivity contribution >= 4 is 6.03 Å². The van der Waals surface area contributed by atoms with Crippen molar-refractivity contribution in [1.82, 2.24) is 10.2 Å². The van der Waals surface area contributed by atoms with E-state index in [1.54, 1.807) is 24.3 Å². The maximum Gasteiger partial charge on any atom is 0.319 e. The van der Waals surface area contributed by atoms with Gasteiger partial charge in [-0.05, 0) is 41.0 Å². The molecule has 0 aliphatic carbocycles. The van der Waals surface area contributed by atoms with Crippen LogP contribution in [-0.4, -0.2) is 54.7 Å². The zero-order valence-corrected chi connectivity index (χ0v) is 19.4. The Kier molecular flexibility index (Phi) is 5.86. The van der Waals surface area contributed by atoms with Gasteiger partial charge in [0.1, 0.15) is 17.2 Å². The average molecular weight is 463 g/mol. The molecule has 0 bridgehead atoms. The summed E-state index contributed by atoms with van der Waals surface area (Å²) in [7, 11) is 2.27. The summed E-state index contributed by atoms with van der Waals surface area (Å²) >= 11 is 0. The van der Waals surface area contributed by atoms with Gasteiger partial charge < -0.3 is 14.7 Å². The fraction of sp³-hybridized carbons (Fsp3) is 0.321. The monoisotopic (exact) mass is 462 g/mol. The second kappa shape index (κ2) is 8.84. The maximum absolute atomic E-state index is 13.7. The first kappa shape index (κ1) is 22.5. The number of carbonyl (C=O) groups is 1. The second-order valence-corrected chi connectivity index (χ2v) is 9.90. The molecule has 0 spiro atoms. The molecule has 1 N–H and O–H groups in total. The van der Waals surface area contributed by atoms with Crippen LogP contribution in [0.15, 0.2) is 78.9 Å². The molecule has 0 saturated carbocycles. The van der Waals surface area contributed by atoms with Crippen LogP contribution in [0, 0.1) is 11.6 Å². The molecule has 34 heavy (non-hydrogen) atoms. The van der Waals surface area contributed by atoms with Gasteiger partial charge >= 0.3 is 6.03 Å². The van der Waals surface area contributed by atoms with Crippen LogP contribution in [0.5, 0.6) is 0 Å². The summed E-state index contributed by atoms with van der Waals surface area (Å²) in [6.45, 7) is 3.36. The van der Waals surface area contributed by atoms with Crippen molar-refractivity contribution in [2.24, 2.45) is 0 Å². The van der Waals surface area contributed by atoms with Crippen molar-refractivity contribution in [2.45, 2.75) is 24.4 Å². The largest absolute Gasteiger partial charge is 0.324 e. The normalized spacial score (nSPS) is 23.8. The van der Waals surface area contributed by atoms with Crippen LogP contribution >= 0.6 is 0 Å². The molecule has 2 fully saturated rings. The summed E-state index contributed by atoms with van der Waals surface area (Å²) in [4.78, 5) is 15.2.